The Morgan fingerprint density at radius 3 is 2.55 bits per heavy atom. The van der Waals surface area contributed by atoms with Gasteiger partial charge in [-0.15, -0.1) is 0 Å². The first-order chi connectivity index (χ1) is 10.6. The van der Waals surface area contributed by atoms with E-state index >= 15 is 0 Å². The van der Waals surface area contributed by atoms with E-state index in [1.165, 1.54) is 0 Å². The molecule has 22 heavy (non-hydrogen) atoms. The third-order valence-corrected chi connectivity index (χ3v) is 4.51. The van der Waals surface area contributed by atoms with E-state index in [9.17, 15) is 9.59 Å². The molecule has 2 amide bonds. The lowest BCUT2D eigenvalue weighted by molar-refractivity contribution is -0.132. The fourth-order valence-corrected chi connectivity index (χ4v) is 2.82. The highest BCUT2D eigenvalue weighted by Crippen LogP contribution is 2.11. The number of benzene rings is 1. The normalized spacial score (nSPS) is 15.4. The van der Waals surface area contributed by atoms with Crippen molar-refractivity contribution in [3.05, 3.63) is 34.3 Å². The Balaban J connectivity index is 1.74. The molecule has 1 saturated heterocycles. The average molecular weight is 368 g/mol. The maximum atomic E-state index is 12.2. The van der Waals surface area contributed by atoms with E-state index in [0.717, 1.165) is 30.4 Å². The minimum atomic E-state index is -0.148. The van der Waals surface area contributed by atoms with Crippen LogP contribution >= 0.6 is 15.9 Å². The zero-order valence-corrected chi connectivity index (χ0v) is 14.4. The van der Waals surface area contributed by atoms with Gasteiger partial charge in [-0.05, 0) is 50.2 Å². The number of carbonyl (C=O) groups excluding carboxylic acids is 2. The Bertz CT molecular complexity index is 513. The van der Waals surface area contributed by atoms with Crippen molar-refractivity contribution in [1.29, 1.82) is 0 Å². The van der Waals surface area contributed by atoms with Gasteiger partial charge in [0, 0.05) is 36.1 Å². The van der Waals surface area contributed by atoms with Gasteiger partial charge in [-0.3, -0.25) is 9.59 Å². The van der Waals surface area contributed by atoms with Crippen molar-refractivity contribution in [2.75, 3.05) is 26.7 Å². The molecule has 1 aromatic rings. The molecular weight excluding hydrogens is 346 g/mol. The molecule has 1 fully saturated rings. The van der Waals surface area contributed by atoms with Gasteiger partial charge in [0.25, 0.3) is 5.91 Å². The lowest BCUT2D eigenvalue weighted by Gasteiger charge is -2.31. The van der Waals surface area contributed by atoms with Crippen LogP contribution in [0, 0.1) is 0 Å². The summed E-state index contributed by atoms with van der Waals surface area (Å²) in [5.41, 5.74) is 0.599. The van der Waals surface area contributed by atoms with Gasteiger partial charge in [0.15, 0.2) is 0 Å². The minimum absolute atomic E-state index is 0.0861. The highest BCUT2D eigenvalue weighted by atomic mass is 79.9. The van der Waals surface area contributed by atoms with E-state index in [1.807, 2.05) is 24.1 Å². The zero-order chi connectivity index (χ0) is 15.9. The van der Waals surface area contributed by atoms with E-state index in [1.54, 1.807) is 12.1 Å². The highest BCUT2D eigenvalue weighted by molar-refractivity contribution is 9.10. The molecule has 1 aliphatic heterocycles. The molecule has 0 unspecified atom stereocenters. The molecule has 5 nitrogen and oxygen atoms in total. The van der Waals surface area contributed by atoms with Crippen LogP contribution in [0.15, 0.2) is 28.7 Å². The van der Waals surface area contributed by atoms with Crippen LogP contribution in [0.4, 0.5) is 0 Å². The lowest BCUT2D eigenvalue weighted by atomic mass is 10.1. The molecule has 0 atom stereocenters. The summed E-state index contributed by atoms with van der Waals surface area (Å²) >= 11 is 3.33. The molecule has 6 heteroatoms. The van der Waals surface area contributed by atoms with Crippen molar-refractivity contribution < 1.29 is 9.59 Å². The molecule has 0 saturated carbocycles. The van der Waals surface area contributed by atoms with Crippen molar-refractivity contribution in [2.24, 2.45) is 0 Å². The second-order valence-electron chi connectivity index (χ2n) is 5.50. The van der Waals surface area contributed by atoms with Crippen molar-refractivity contribution in [3.63, 3.8) is 0 Å². The standard InChI is InChI=1S/C16H22BrN3O2/c1-20(14-6-9-18-10-7-14)15(21)8-11-19-16(22)12-2-4-13(17)5-3-12/h2-5,14,18H,6-11H2,1H3,(H,19,22). The first-order valence-corrected chi connectivity index (χ1v) is 8.37. The summed E-state index contributed by atoms with van der Waals surface area (Å²) in [6.07, 6.45) is 2.32. The number of amides is 2. The molecule has 1 aliphatic rings. The number of carbonyl (C=O) groups is 2. The highest BCUT2D eigenvalue weighted by Gasteiger charge is 2.21. The van der Waals surface area contributed by atoms with Crippen molar-refractivity contribution >= 4 is 27.7 Å². The van der Waals surface area contributed by atoms with Crippen LogP contribution in [-0.4, -0.2) is 49.4 Å². The summed E-state index contributed by atoms with van der Waals surface area (Å²) < 4.78 is 0.933. The van der Waals surface area contributed by atoms with Crippen molar-refractivity contribution in [3.8, 4) is 0 Å². The molecular formula is C16H22BrN3O2. The van der Waals surface area contributed by atoms with E-state index in [0.29, 0.717) is 24.6 Å². The molecule has 2 N–H and O–H groups in total. The third kappa shape index (κ3) is 4.81. The predicted molar refractivity (Wildman–Crippen MR) is 89.8 cm³/mol. The molecule has 0 bridgehead atoms. The molecule has 2 rings (SSSR count). The monoisotopic (exact) mass is 367 g/mol. The van der Waals surface area contributed by atoms with Gasteiger partial charge in [-0.1, -0.05) is 15.9 Å². The summed E-state index contributed by atoms with van der Waals surface area (Å²) in [6, 6.07) is 7.47. The maximum absolute atomic E-state index is 12.2. The summed E-state index contributed by atoms with van der Waals surface area (Å²) in [6.45, 7) is 2.29. The average Bonchev–Trinajstić information content (AvgIpc) is 2.55. The Labute approximate surface area is 139 Å². The van der Waals surface area contributed by atoms with Crippen LogP contribution in [0.25, 0.3) is 0 Å². The molecule has 1 aromatic carbocycles. The number of halogens is 1. The third-order valence-electron chi connectivity index (χ3n) is 3.98. The van der Waals surface area contributed by atoms with Crippen molar-refractivity contribution in [2.45, 2.75) is 25.3 Å². The molecule has 0 aliphatic carbocycles. The van der Waals surface area contributed by atoms with Gasteiger partial charge in [-0.2, -0.15) is 0 Å². The number of hydrogen-bond donors (Lipinski definition) is 2. The molecule has 1 heterocycles. The van der Waals surface area contributed by atoms with E-state index in [4.69, 9.17) is 0 Å². The maximum Gasteiger partial charge on any atom is 0.251 e. The largest absolute Gasteiger partial charge is 0.352 e. The van der Waals surface area contributed by atoms with Gasteiger partial charge in [0.1, 0.15) is 0 Å². The Morgan fingerprint density at radius 1 is 1.27 bits per heavy atom. The lowest BCUT2D eigenvalue weighted by Crippen LogP contribution is -2.44. The fourth-order valence-electron chi connectivity index (χ4n) is 2.56. The molecule has 0 spiro atoms. The van der Waals surface area contributed by atoms with E-state index in [-0.39, 0.29) is 11.8 Å². The second kappa shape index (κ2) is 8.29. The van der Waals surface area contributed by atoms with Gasteiger partial charge < -0.3 is 15.5 Å². The van der Waals surface area contributed by atoms with Gasteiger partial charge in [0.2, 0.25) is 5.91 Å². The molecule has 0 radical (unpaired) electrons. The van der Waals surface area contributed by atoms with Crippen LogP contribution < -0.4 is 10.6 Å². The van der Waals surface area contributed by atoms with Crippen LogP contribution in [0.2, 0.25) is 0 Å². The van der Waals surface area contributed by atoms with Gasteiger partial charge in [0.05, 0.1) is 0 Å². The zero-order valence-electron chi connectivity index (χ0n) is 12.8. The summed E-state index contributed by atoms with van der Waals surface area (Å²) in [4.78, 5) is 25.9. The quantitative estimate of drug-likeness (QED) is 0.833. The Kier molecular flexibility index (Phi) is 6.39. The predicted octanol–water partition coefficient (Wildman–Crippen LogP) is 1.78. The second-order valence-corrected chi connectivity index (χ2v) is 6.41. The molecule has 120 valence electrons. The van der Waals surface area contributed by atoms with Crippen LogP contribution in [-0.2, 0) is 4.79 Å². The fraction of sp³-hybridized carbons (Fsp3) is 0.500. The van der Waals surface area contributed by atoms with Crippen LogP contribution in [0.3, 0.4) is 0 Å². The topological polar surface area (TPSA) is 61.4 Å². The number of piperidine rings is 1. The Hall–Kier alpha value is -1.40. The van der Waals surface area contributed by atoms with Crippen LogP contribution in [0.1, 0.15) is 29.6 Å². The smallest absolute Gasteiger partial charge is 0.251 e. The Morgan fingerprint density at radius 2 is 1.91 bits per heavy atom. The SMILES string of the molecule is CN(C(=O)CCNC(=O)c1ccc(Br)cc1)C1CCNCC1. The van der Waals surface area contributed by atoms with Gasteiger partial charge >= 0.3 is 0 Å². The summed E-state index contributed by atoms with van der Waals surface area (Å²) in [5.74, 6) is -0.0622. The molecule has 0 aromatic heterocycles. The van der Waals surface area contributed by atoms with Gasteiger partial charge in [-0.25, -0.2) is 0 Å². The number of rotatable bonds is 5. The first kappa shape index (κ1) is 17.0. The van der Waals surface area contributed by atoms with E-state index in [2.05, 4.69) is 26.6 Å². The number of hydrogen-bond acceptors (Lipinski definition) is 3. The minimum Gasteiger partial charge on any atom is -0.352 e. The van der Waals surface area contributed by atoms with Crippen molar-refractivity contribution in [1.82, 2.24) is 15.5 Å². The number of nitrogens with zero attached hydrogens (tertiary/aromatic N) is 1. The number of nitrogens with one attached hydrogen (secondary N) is 2. The van der Waals surface area contributed by atoms with E-state index < -0.39 is 0 Å². The van der Waals surface area contributed by atoms with Crippen LogP contribution in [0.5, 0.6) is 0 Å². The first-order valence-electron chi connectivity index (χ1n) is 7.58. The summed E-state index contributed by atoms with van der Waals surface area (Å²) in [5, 5.41) is 6.08. The summed E-state index contributed by atoms with van der Waals surface area (Å²) in [7, 11) is 1.86.